The molecule has 3 nitrogen and oxygen atoms in total. The number of rotatable bonds is 0. The van der Waals surface area contributed by atoms with E-state index in [-0.39, 0.29) is 5.62 Å². The minimum absolute atomic E-state index is 0.219. The van der Waals surface area contributed by atoms with E-state index in [4.69, 9.17) is 11.6 Å². The molecule has 2 N–H and O–H groups in total. The average Bonchev–Trinajstić information content (AvgIpc) is 1.83. The Morgan fingerprint density at radius 2 is 2.36 bits per heavy atom. The predicted molar refractivity (Wildman–Crippen MR) is 47.6 cm³/mol. The second-order valence-corrected chi connectivity index (χ2v) is 2.93. The molecule has 0 aromatic heterocycles. The molecule has 0 radical (unpaired) electrons. The van der Waals surface area contributed by atoms with E-state index in [9.17, 15) is 0 Å². The zero-order chi connectivity index (χ0) is 8.27. The Labute approximate surface area is 71.5 Å². The topological polar surface area (TPSA) is 36.4 Å². The molecule has 0 bridgehead atoms. The summed E-state index contributed by atoms with van der Waals surface area (Å²) in [6, 6.07) is 0. The van der Waals surface area contributed by atoms with Crippen molar-refractivity contribution in [1.29, 1.82) is 0 Å². The van der Waals surface area contributed by atoms with Gasteiger partial charge in [0.05, 0.1) is 6.67 Å². The van der Waals surface area contributed by atoms with Gasteiger partial charge < -0.3 is 5.32 Å². The molecule has 1 heterocycles. The van der Waals surface area contributed by atoms with Gasteiger partial charge in [0.2, 0.25) is 0 Å². The van der Waals surface area contributed by atoms with Crippen molar-refractivity contribution in [3.8, 4) is 0 Å². The lowest BCUT2D eigenvalue weighted by atomic mass is 10.3. The van der Waals surface area contributed by atoms with Crippen molar-refractivity contribution in [2.75, 3.05) is 6.67 Å². The number of nitrogens with zero attached hydrogens (tertiary/aromatic N) is 1. The molecule has 1 aliphatic heterocycles. The first-order valence-corrected chi connectivity index (χ1v) is 3.95. The van der Waals surface area contributed by atoms with E-state index in [1.165, 1.54) is 0 Å². The van der Waals surface area contributed by atoms with Gasteiger partial charge in [-0.05, 0) is 19.9 Å². The standard InChI is InChI=1S/C7H12ClN3/c1-5-3-6(2)11-7(8)10-4-9-5/h3,7,10-11H,4H2,1-2H3. The first-order chi connectivity index (χ1) is 5.18. The smallest absolute Gasteiger partial charge is 0.156 e. The van der Waals surface area contributed by atoms with Gasteiger partial charge in [0.1, 0.15) is 0 Å². The van der Waals surface area contributed by atoms with E-state index in [0.29, 0.717) is 6.67 Å². The Balaban J connectivity index is 2.67. The maximum atomic E-state index is 5.80. The Hall–Kier alpha value is -0.540. The molecule has 0 amide bonds. The zero-order valence-corrected chi connectivity index (χ0v) is 7.44. The summed E-state index contributed by atoms with van der Waals surface area (Å²) >= 11 is 5.80. The molecule has 11 heavy (non-hydrogen) atoms. The third kappa shape index (κ3) is 2.91. The van der Waals surface area contributed by atoms with Crippen LogP contribution in [-0.2, 0) is 0 Å². The fourth-order valence-corrected chi connectivity index (χ4v) is 1.14. The molecule has 1 aliphatic rings. The number of alkyl halides is 1. The Bertz CT molecular complexity index is 198. The highest BCUT2D eigenvalue weighted by molar-refractivity contribution is 6.20. The highest BCUT2D eigenvalue weighted by atomic mass is 35.5. The molecule has 1 unspecified atom stereocenters. The van der Waals surface area contributed by atoms with Crippen molar-refractivity contribution in [3.05, 3.63) is 11.8 Å². The van der Waals surface area contributed by atoms with E-state index in [1.807, 2.05) is 19.9 Å². The molecule has 62 valence electrons. The number of allylic oxidation sites excluding steroid dienone is 2. The van der Waals surface area contributed by atoms with Gasteiger partial charge in [-0.3, -0.25) is 10.3 Å². The van der Waals surface area contributed by atoms with Crippen molar-refractivity contribution in [2.24, 2.45) is 4.99 Å². The van der Waals surface area contributed by atoms with Crippen LogP contribution in [0.3, 0.4) is 0 Å². The normalized spacial score (nSPS) is 25.9. The van der Waals surface area contributed by atoms with Crippen molar-refractivity contribution in [3.63, 3.8) is 0 Å². The van der Waals surface area contributed by atoms with Crippen molar-refractivity contribution >= 4 is 17.3 Å². The summed E-state index contributed by atoms with van der Waals surface area (Å²) in [7, 11) is 0. The van der Waals surface area contributed by atoms with Gasteiger partial charge >= 0.3 is 0 Å². The Morgan fingerprint density at radius 3 is 3.09 bits per heavy atom. The van der Waals surface area contributed by atoms with E-state index < -0.39 is 0 Å². The lowest BCUT2D eigenvalue weighted by Gasteiger charge is -2.16. The van der Waals surface area contributed by atoms with Crippen LogP contribution in [0.2, 0.25) is 0 Å². The molecular weight excluding hydrogens is 162 g/mol. The third-order valence-electron chi connectivity index (χ3n) is 1.38. The van der Waals surface area contributed by atoms with Crippen molar-refractivity contribution in [1.82, 2.24) is 10.6 Å². The maximum Gasteiger partial charge on any atom is 0.156 e. The quantitative estimate of drug-likeness (QED) is 0.424. The summed E-state index contributed by atoms with van der Waals surface area (Å²) < 4.78 is 0. The monoisotopic (exact) mass is 173 g/mol. The lowest BCUT2D eigenvalue weighted by molar-refractivity contribution is 0.590. The predicted octanol–water partition coefficient (Wildman–Crippen LogP) is 1.02. The largest absolute Gasteiger partial charge is 0.361 e. The van der Waals surface area contributed by atoms with E-state index in [0.717, 1.165) is 11.4 Å². The molecule has 0 aromatic rings. The van der Waals surface area contributed by atoms with Crippen LogP contribution in [0.25, 0.3) is 0 Å². The second-order valence-electron chi connectivity index (χ2n) is 2.50. The van der Waals surface area contributed by atoms with Crippen molar-refractivity contribution < 1.29 is 0 Å². The van der Waals surface area contributed by atoms with Gasteiger partial charge in [0.25, 0.3) is 0 Å². The van der Waals surface area contributed by atoms with Gasteiger partial charge in [-0.25, -0.2) is 0 Å². The van der Waals surface area contributed by atoms with Crippen LogP contribution in [0.15, 0.2) is 16.8 Å². The summed E-state index contributed by atoms with van der Waals surface area (Å²) in [4.78, 5) is 4.19. The SMILES string of the molecule is CC1=CC(C)=NCNC(Cl)N1. The number of aliphatic imine (C=N–C) groups is 1. The highest BCUT2D eigenvalue weighted by Gasteiger charge is 2.03. The van der Waals surface area contributed by atoms with E-state index >= 15 is 0 Å². The van der Waals surface area contributed by atoms with Gasteiger partial charge in [0.15, 0.2) is 5.62 Å². The summed E-state index contributed by atoms with van der Waals surface area (Å²) in [5, 5.41) is 6.02. The molecule has 0 saturated heterocycles. The third-order valence-corrected chi connectivity index (χ3v) is 1.64. The minimum atomic E-state index is -0.219. The molecule has 4 heteroatoms. The summed E-state index contributed by atoms with van der Waals surface area (Å²) in [6.45, 7) is 4.49. The Kier molecular flexibility index (Phi) is 2.91. The molecule has 0 aromatic carbocycles. The van der Waals surface area contributed by atoms with Crippen LogP contribution < -0.4 is 10.6 Å². The average molecular weight is 174 g/mol. The second kappa shape index (κ2) is 3.74. The summed E-state index contributed by atoms with van der Waals surface area (Å²) in [6.07, 6.45) is 1.97. The molecule has 1 rings (SSSR count). The number of hydrogen-bond acceptors (Lipinski definition) is 3. The van der Waals surface area contributed by atoms with Gasteiger partial charge in [0, 0.05) is 11.4 Å². The fraction of sp³-hybridized carbons (Fsp3) is 0.571. The van der Waals surface area contributed by atoms with Gasteiger partial charge in [-0.2, -0.15) is 0 Å². The molecule has 0 saturated carbocycles. The first kappa shape index (κ1) is 8.56. The van der Waals surface area contributed by atoms with Gasteiger partial charge in [-0.15, -0.1) is 0 Å². The number of nitrogens with one attached hydrogen (secondary N) is 2. The van der Waals surface area contributed by atoms with E-state index in [2.05, 4.69) is 15.6 Å². The Morgan fingerprint density at radius 1 is 1.64 bits per heavy atom. The lowest BCUT2D eigenvalue weighted by Crippen LogP contribution is -2.38. The molecule has 0 fully saturated rings. The minimum Gasteiger partial charge on any atom is -0.361 e. The maximum absolute atomic E-state index is 5.80. The summed E-state index contributed by atoms with van der Waals surface area (Å²) in [5.74, 6) is 0. The van der Waals surface area contributed by atoms with Crippen LogP contribution in [0.4, 0.5) is 0 Å². The number of hydrogen-bond donors (Lipinski definition) is 2. The first-order valence-electron chi connectivity index (χ1n) is 3.52. The van der Waals surface area contributed by atoms with Crippen LogP contribution in [0.1, 0.15) is 13.8 Å². The van der Waals surface area contributed by atoms with Crippen LogP contribution in [-0.4, -0.2) is 18.0 Å². The highest BCUT2D eigenvalue weighted by Crippen LogP contribution is 1.97. The molecule has 0 spiro atoms. The molecular formula is C7H12ClN3. The van der Waals surface area contributed by atoms with Crippen LogP contribution in [0, 0.1) is 0 Å². The van der Waals surface area contributed by atoms with Crippen LogP contribution in [0.5, 0.6) is 0 Å². The summed E-state index contributed by atoms with van der Waals surface area (Å²) in [5.41, 5.74) is 1.81. The molecule has 1 atom stereocenters. The van der Waals surface area contributed by atoms with E-state index in [1.54, 1.807) is 0 Å². The van der Waals surface area contributed by atoms with Gasteiger partial charge in [-0.1, -0.05) is 11.6 Å². The zero-order valence-electron chi connectivity index (χ0n) is 6.69. The van der Waals surface area contributed by atoms with Crippen LogP contribution >= 0.6 is 11.6 Å². The van der Waals surface area contributed by atoms with Crippen molar-refractivity contribution in [2.45, 2.75) is 19.5 Å². The number of halogens is 1. The molecule has 0 aliphatic carbocycles. The fourth-order valence-electron chi connectivity index (χ4n) is 0.902.